The number of halogens is 3. The Morgan fingerprint density at radius 1 is 1.00 bits per heavy atom. The normalized spacial score (nSPS) is 12.2. The van der Waals surface area contributed by atoms with Crippen molar-refractivity contribution < 1.29 is 33.3 Å². The summed E-state index contributed by atoms with van der Waals surface area (Å²) in [4.78, 5) is 37.6. The van der Waals surface area contributed by atoms with Crippen molar-refractivity contribution in [3.8, 4) is 17.2 Å². The molecule has 0 aromatic heterocycles. The van der Waals surface area contributed by atoms with Crippen molar-refractivity contribution in [1.29, 1.82) is 0 Å². The van der Waals surface area contributed by atoms with Crippen LogP contribution in [-0.4, -0.2) is 57.0 Å². The summed E-state index contributed by atoms with van der Waals surface area (Å²) in [6.07, 6.45) is 0.627. The highest BCUT2D eigenvalue weighted by Crippen LogP contribution is 2.36. The summed E-state index contributed by atoms with van der Waals surface area (Å²) in [7, 11) is 2.70. The first kappa shape index (κ1) is 32.7. The molecule has 0 bridgehead atoms. The van der Waals surface area contributed by atoms with Gasteiger partial charge < -0.3 is 24.3 Å². The fraction of sp³-hybridized carbons (Fsp3) is 0.241. The van der Waals surface area contributed by atoms with Crippen LogP contribution in [-0.2, 0) is 25.5 Å². The Hall–Kier alpha value is -3.80. The SMILES string of the molecule is COC(=O)COc1c(Br)cc(/C=N\NC(=O)[C@H](Cc2ccccc2)NC(=O)[C@H](C)Oc2ccc(Cl)cc2Cl)cc1OC. The fourth-order valence-corrected chi connectivity index (χ4v) is 4.58. The van der Waals surface area contributed by atoms with E-state index in [1.54, 1.807) is 31.2 Å². The molecule has 0 saturated heterocycles. The highest BCUT2D eigenvalue weighted by molar-refractivity contribution is 9.10. The maximum Gasteiger partial charge on any atom is 0.343 e. The summed E-state index contributed by atoms with van der Waals surface area (Å²) in [5, 5.41) is 7.46. The predicted octanol–water partition coefficient (Wildman–Crippen LogP) is 4.96. The molecule has 3 aromatic carbocycles. The number of nitrogens with zero attached hydrogens (tertiary/aromatic N) is 1. The molecule has 2 amide bonds. The first-order chi connectivity index (χ1) is 20.1. The monoisotopic (exact) mass is 679 g/mol. The predicted molar refractivity (Wildman–Crippen MR) is 163 cm³/mol. The van der Waals surface area contributed by atoms with E-state index in [0.717, 1.165) is 5.56 Å². The van der Waals surface area contributed by atoms with Gasteiger partial charge in [-0.3, -0.25) is 9.59 Å². The number of esters is 1. The van der Waals surface area contributed by atoms with Crippen LogP contribution in [0.25, 0.3) is 0 Å². The van der Waals surface area contributed by atoms with Crippen molar-refractivity contribution in [2.24, 2.45) is 5.10 Å². The maximum absolute atomic E-state index is 13.2. The van der Waals surface area contributed by atoms with Gasteiger partial charge in [-0.1, -0.05) is 53.5 Å². The molecule has 0 fully saturated rings. The molecule has 0 unspecified atom stereocenters. The lowest BCUT2D eigenvalue weighted by molar-refractivity contribution is -0.143. The van der Waals surface area contributed by atoms with E-state index < -0.39 is 29.9 Å². The summed E-state index contributed by atoms with van der Waals surface area (Å²) >= 11 is 15.5. The van der Waals surface area contributed by atoms with Crippen molar-refractivity contribution in [2.75, 3.05) is 20.8 Å². The van der Waals surface area contributed by atoms with Crippen LogP contribution in [0.3, 0.4) is 0 Å². The third kappa shape index (κ3) is 9.64. The molecular formula is C29H28BrCl2N3O7. The van der Waals surface area contributed by atoms with Crippen molar-refractivity contribution in [3.05, 3.63) is 86.3 Å². The lowest BCUT2D eigenvalue weighted by Gasteiger charge is -2.21. The van der Waals surface area contributed by atoms with Crippen LogP contribution in [0.4, 0.5) is 0 Å². The molecule has 3 aromatic rings. The van der Waals surface area contributed by atoms with E-state index in [9.17, 15) is 14.4 Å². The van der Waals surface area contributed by atoms with Gasteiger partial charge in [0.2, 0.25) is 0 Å². The largest absolute Gasteiger partial charge is 0.493 e. The van der Waals surface area contributed by atoms with Crippen molar-refractivity contribution in [2.45, 2.75) is 25.5 Å². The van der Waals surface area contributed by atoms with Gasteiger partial charge in [-0.15, -0.1) is 0 Å². The standard InChI is InChI=1S/C29H28BrCl2N3O7/c1-17(42-24-10-9-20(31)14-22(24)32)28(37)34-23(12-18-7-5-4-6-8-18)29(38)35-33-15-19-11-21(30)27(25(13-19)39-2)41-16-26(36)40-3/h4-11,13-15,17,23H,12,16H2,1-3H3,(H,34,37)(H,35,38)/b33-15-/t17-,23-/m0/s1. The third-order valence-electron chi connectivity index (χ3n) is 5.68. The van der Waals surface area contributed by atoms with Crippen molar-refractivity contribution >= 4 is 63.1 Å². The molecule has 0 radical (unpaired) electrons. The number of hydrogen-bond acceptors (Lipinski definition) is 8. The Morgan fingerprint density at radius 3 is 2.40 bits per heavy atom. The summed E-state index contributed by atoms with van der Waals surface area (Å²) in [6, 6.07) is 16.2. The van der Waals surface area contributed by atoms with Crippen LogP contribution in [0.2, 0.25) is 10.0 Å². The fourth-order valence-electron chi connectivity index (χ4n) is 3.56. The first-order valence-corrected chi connectivity index (χ1v) is 14.0. The first-order valence-electron chi connectivity index (χ1n) is 12.5. The van der Waals surface area contributed by atoms with Crippen molar-refractivity contribution in [3.63, 3.8) is 0 Å². The summed E-state index contributed by atoms with van der Waals surface area (Å²) in [5.41, 5.74) is 3.85. The van der Waals surface area contributed by atoms with Crippen LogP contribution in [0.15, 0.2) is 70.2 Å². The molecule has 222 valence electrons. The van der Waals surface area contributed by atoms with Gasteiger partial charge in [0.25, 0.3) is 11.8 Å². The lowest BCUT2D eigenvalue weighted by atomic mass is 10.1. The maximum atomic E-state index is 13.2. The summed E-state index contributed by atoms with van der Waals surface area (Å²) in [6.45, 7) is 1.24. The highest BCUT2D eigenvalue weighted by atomic mass is 79.9. The second-order valence-corrected chi connectivity index (χ2v) is 10.4. The smallest absolute Gasteiger partial charge is 0.343 e. The Balaban J connectivity index is 1.71. The summed E-state index contributed by atoms with van der Waals surface area (Å²) < 4.78 is 21.6. The number of benzene rings is 3. The molecule has 0 aliphatic rings. The molecule has 0 spiro atoms. The zero-order chi connectivity index (χ0) is 30.6. The van der Waals surface area contributed by atoms with Crippen molar-refractivity contribution in [1.82, 2.24) is 10.7 Å². The minimum absolute atomic E-state index is 0.202. The van der Waals surface area contributed by atoms with Crippen LogP contribution < -0.4 is 25.0 Å². The number of amides is 2. The number of carbonyl (C=O) groups is 3. The second kappa shape index (κ2) is 16.0. The number of hydrogen-bond donors (Lipinski definition) is 2. The molecule has 10 nitrogen and oxygen atoms in total. The molecular weight excluding hydrogens is 653 g/mol. The number of rotatable bonds is 13. The van der Waals surface area contributed by atoms with Gasteiger partial charge in [0, 0.05) is 11.4 Å². The van der Waals surface area contributed by atoms with E-state index in [4.69, 9.17) is 37.4 Å². The topological polar surface area (TPSA) is 125 Å². The molecule has 0 aliphatic heterocycles. The van der Waals surface area contributed by atoms with E-state index in [-0.39, 0.29) is 23.8 Å². The molecule has 2 N–H and O–H groups in total. The van der Waals surface area contributed by atoms with Gasteiger partial charge in [0.05, 0.1) is 29.9 Å². The van der Waals surface area contributed by atoms with Gasteiger partial charge in [-0.2, -0.15) is 5.10 Å². The molecule has 42 heavy (non-hydrogen) atoms. The lowest BCUT2D eigenvalue weighted by Crippen LogP contribution is -2.50. The molecule has 2 atom stereocenters. The Labute approximate surface area is 261 Å². The van der Waals surface area contributed by atoms with Crippen LogP contribution in [0.5, 0.6) is 17.2 Å². The molecule has 0 heterocycles. The Morgan fingerprint density at radius 2 is 1.74 bits per heavy atom. The minimum Gasteiger partial charge on any atom is -0.493 e. The van der Waals surface area contributed by atoms with E-state index in [1.165, 1.54) is 26.5 Å². The van der Waals surface area contributed by atoms with Crippen LogP contribution in [0.1, 0.15) is 18.1 Å². The molecule has 0 aliphatic carbocycles. The van der Waals surface area contributed by atoms with Gasteiger partial charge in [0.15, 0.2) is 24.2 Å². The zero-order valence-corrected chi connectivity index (χ0v) is 26.0. The Bertz CT molecular complexity index is 1440. The highest BCUT2D eigenvalue weighted by Gasteiger charge is 2.25. The minimum atomic E-state index is -0.973. The average Bonchev–Trinajstić information content (AvgIpc) is 2.97. The molecule has 13 heteroatoms. The third-order valence-corrected chi connectivity index (χ3v) is 6.80. The van der Waals surface area contributed by atoms with Crippen LogP contribution >= 0.6 is 39.1 Å². The van der Waals surface area contributed by atoms with E-state index in [2.05, 4.69) is 36.5 Å². The Kier molecular flexibility index (Phi) is 12.5. The number of carbonyl (C=O) groups excluding carboxylic acids is 3. The average molecular weight is 681 g/mol. The quantitative estimate of drug-likeness (QED) is 0.149. The van der Waals surface area contributed by atoms with Gasteiger partial charge >= 0.3 is 5.97 Å². The number of hydrazone groups is 1. The number of ether oxygens (including phenoxy) is 4. The van der Waals surface area contributed by atoms with E-state index in [0.29, 0.717) is 26.6 Å². The van der Waals surface area contributed by atoms with E-state index >= 15 is 0 Å². The van der Waals surface area contributed by atoms with Crippen LogP contribution in [0, 0.1) is 0 Å². The van der Waals surface area contributed by atoms with E-state index in [1.807, 2.05) is 30.3 Å². The zero-order valence-electron chi connectivity index (χ0n) is 22.9. The van der Waals surface area contributed by atoms with Gasteiger partial charge in [0.1, 0.15) is 11.8 Å². The number of nitrogens with one attached hydrogen (secondary N) is 2. The molecule has 3 rings (SSSR count). The second-order valence-electron chi connectivity index (χ2n) is 8.72. The summed E-state index contributed by atoms with van der Waals surface area (Å²) in [5.74, 6) is -0.734. The van der Waals surface area contributed by atoms with Gasteiger partial charge in [-0.25, -0.2) is 10.2 Å². The number of methoxy groups -OCH3 is 2. The molecule has 0 saturated carbocycles. The van der Waals surface area contributed by atoms with Gasteiger partial charge in [-0.05, 0) is 64.3 Å².